The number of methoxy groups -OCH3 is 2. The standard InChI is InChI=1S/C22H24BrN3O5/c1-5-10-31-20-18(23)11-15(12-19(20)30-4)13-24-26-22(28)14(2)21(27)25-16-6-8-17(29-3)9-7-16/h5-9,11-14H,1,10H2,2-4H3,(H,25,27)(H,26,28). The molecule has 8 nitrogen and oxygen atoms in total. The third-order valence-electron chi connectivity index (χ3n) is 4.13. The molecule has 2 amide bonds. The highest BCUT2D eigenvalue weighted by Gasteiger charge is 2.21. The Kier molecular flexibility index (Phi) is 9.08. The second kappa shape index (κ2) is 11.8. The summed E-state index contributed by atoms with van der Waals surface area (Å²) in [6, 6.07) is 10.3. The largest absolute Gasteiger partial charge is 0.497 e. The number of carbonyl (C=O) groups excluding carboxylic acids is 2. The molecular weight excluding hydrogens is 466 g/mol. The number of hydrazone groups is 1. The molecule has 2 aromatic carbocycles. The zero-order chi connectivity index (χ0) is 22.8. The van der Waals surface area contributed by atoms with Crippen molar-refractivity contribution in [3.8, 4) is 17.2 Å². The van der Waals surface area contributed by atoms with Crippen LogP contribution in [-0.2, 0) is 9.59 Å². The highest BCUT2D eigenvalue weighted by Crippen LogP contribution is 2.36. The Labute approximate surface area is 189 Å². The van der Waals surface area contributed by atoms with Crippen LogP contribution in [0.4, 0.5) is 5.69 Å². The molecule has 2 N–H and O–H groups in total. The van der Waals surface area contributed by atoms with Crippen LogP contribution in [0.1, 0.15) is 12.5 Å². The van der Waals surface area contributed by atoms with Gasteiger partial charge in [0, 0.05) is 5.69 Å². The lowest BCUT2D eigenvalue weighted by Gasteiger charge is -2.12. The van der Waals surface area contributed by atoms with Crippen LogP contribution >= 0.6 is 15.9 Å². The molecular formula is C22H24BrN3O5. The molecule has 0 aliphatic heterocycles. The van der Waals surface area contributed by atoms with Crippen molar-refractivity contribution in [3.05, 3.63) is 59.1 Å². The molecule has 0 fully saturated rings. The molecule has 0 radical (unpaired) electrons. The highest BCUT2D eigenvalue weighted by molar-refractivity contribution is 9.10. The van der Waals surface area contributed by atoms with E-state index in [9.17, 15) is 9.59 Å². The zero-order valence-electron chi connectivity index (χ0n) is 17.5. The van der Waals surface area contributed by atoms with E-state index in [1.807, 2.05) is 0 Å². The number of ether oxygens (including phenoxy) is 3. The fraction of sp³-hybridized carbons (Fsp3) is 0.227. The van der Waals surface area contributed by atoms with Gasteiger partial charge in [-0.2, -0.15) is 5.10 Å². The van der Waals surface area contributed by atoms with Gasteiger partial charge in [0.1, 0.15) is 18.3 Å². The predicted molar refractivity (Wildman–Crippen MR) is 123 cm³/mol. The van der Waals surface area contributed by atoms with Gasteiger partial charge in [-0.25, -0.2) is 5.43 Å². The SMILES string of the molecule is C=CCOc1c(Br)cc(C=NNC(=O)C(C)C(=O)Nc2ccc(OC)cc2)cc1OC. The lowest BCUT2D eigenvalue weighted by molar-refractivity contribution is -0.131. The molecule has 164 valence electrons. The smallest absolute Gasteiger partial charge is 0.252 e. The monoisotopic (exact) mass is 489 g/mol. The molecule has 0 heterocycles. The van der Waals surface area contributed by atoms with Gasteiger partial charge >= 0.3 is 0 Å². The molecule has 0 spiro atoms. The maximum absolute atomic E-state index is 12.3. The molecule has 0 saturated carbocycles. The van der Waals surface area contributed by atoms with Crippen LogP contribution in [-0.4, -0.2) is 38.9 Å². The van der Waals surface area contributed by atoms with Crippen LogP contribution in [0, 0.1) is 5.92 Å². The van der Waals surface area contributed by atoms with Gasteiger partial charge in [-0.05, 0) is 64.8 Å². The molecule has 0 aliphatic carbocycles. The Morgan fingerprint density at radius 2 is 1.87 bits per heavy atom. The van der Waals surface area contributed by atoms with E-state index in [1.165, 1.54) is 20.2 Å². The van der Waals surface area contributed by atoms with E-state index < -0.39 is 17.7 Å². The normalized spacial score (nSPS) is 11.5. The third-order valence-corrected chi connectivity index (χ3v) is 4.72. The fourth-order valence-corrected chi connectivity index (χ4v) is 2.98. The summed E-state index contributed by atoms with van der Waals surface area (Å²) < 4.78 is 16.6. The maximum Gasteiger partial charge on any atom is 0.252 e. The molecule has 2 aromatic rings. The van der Waals surface area contributed by atoms with Crippen molar-refractivity contribution in [1.29, 1.82) is 0 Å². The van der Waals surface area contributed by atoms with Crippen LogP contribution < -0.4 is 25.0 Å². The van der Waals surface area contributed by atoms with Crippen molar-refractivity contribution < 1.29 is 23.8 Å². The van der Waals surface area contributed by atoms with E-state index in [0.29, 0.717) is 39.6 Å². The number of benzene rings is 2. The van der Waals surface area contributed by atoms with E-state index in [2.05, 4.69) is 38.4 Å². The van der Waals surface area contributed by atoms with Crippen molar-refractivity contribution in [2.24, 2.45) is 11.0 Å². The number of rotatable bonds is 10. The second-order valence-corrected chi connectivity index (χ2v) is 7.16. The summed E-state index contributed by atoms with van der Waals surface area (Å²) in [5.74, 6) is -0.245. The molecule has 9 heteroatoms. The Balaban J connectivity index is 1.97. The fourth-order valence-electron chi connectivity index (χ4n) is 2.41. The Bertz CT molecular complexity index is 960. The summed E-state index contributed by atoms with van der Waals surface area (Å²) in [6.07, 6.45) is 3.07. The van der Waals surface area contributed by atoms with Gasteiger partial charge in [-0.1, -0.05) is 12.7 Å². The summed E-state index contributed by atoms with van der Waals surface area (Å²) in [5, 5.41) is 6.61. The second-order valence-electron chi connectivity index (χ2n) is 6.31. The summed E-state index contributed by atoms with van der Waals surface area (Å²) in [4.78, 5) is 24.6. The van der Waals surface area contributed by atoms with E-state index in [-0.39, 0.29) is 0 Å². The predicted octanol–water partition coefficient (Wildman–Crippen LogP) is 3.76. The average molecular weight is 490 g/mol. The maximum atomic E-state index is 12.3. The van der Waals surface area contributed by atoms with Crippen molar-refractivity contribution in [2.75, 3.05) is 26.1 Å². The first kappa shape index (κ1) is 23.9. The molecule has 0 aromatic heterocycles. The van der Waals surface area contributed by atoms with Gasteiger partial charge in [0.15, 0.2) is 11.5 Å². The van der Waals surface area contributed by atoms with Crippen LogP contribution in [0.15, 0.2) is 58.6 Å². The van der Waals surface area contributed by atoms with Crippen LogP contribution in [0.5, 0.6) is 17.2 Å². The number of nitrogens with zero attached hydrogens (tertiary/aromatic N) is 1. The number of hydrogen-bond donors (Lipinski definition) is 2. The lowest BCUT2D eigenvalue weighted by atomic mass is 10.1. The minimum atomic E-state index is -0.949. The first-order chi connectivity index (χ1) is 14.9. The van der Waals surface area contributed by atoms with Crippen LogP contribution in [0.2, 0.25) is 0 Å². The Morgan fingerprint density at radius 1 is 1.16 bits per heavy atom. The number of amides is 2. The molecule has 0 saturated heterocycles. The number of anilines is 1. The molecule has 0 bridgehead atoms. The summed E-state index contributed by atoms with van der Waals surface area (Å²) in [6.45, 7) is 5.44. The minimum Gasteiger partial charge on any atom is -0.497 e. The summed E-state index contributed by atoms with van der Waals surface area (Å²) >= 11 is 3.42. The van der Waals surface area contributed by atoms with Crippen LogP contribution in [0.3, 0.4) is 0 Å². The highest BCUT2D eigenvalue weighted by atomic mass is 79.9. The Morgan fingerprint density at radius 3 is 2.48 bits per heavy atom. The Hall–Kier alpha value is -3.33. The first-order valence-corrected chi connectivity index (χ1v) is 10.1. The molecule has 1 atom stereocenters. The average Bonchev–Trinajstić information content (AvgIpc) is 2.77. The number of nitrogens with one attached hydrogen (secondary N) is 2. The van der Waals surface area contributed by atoms with Gasteiger partial charge in [0.2, 0.25) is 5.91 Å². The van der Waals surface area contributed by atoms with Crippen molar-refractivity contribution in [3.63, 3.8) is 0 Å². The molecule has 0 aliphatic rings. The quantitative estimate of drug-likeness (QED) is 0.229. The van der Waals surface area contributed by atoms with Gasteiger partial charge in [0.05, 0.1) is 24.9 Å². The summed E-state index contributed by atoms with van der Waals surface area (Å²) in [5.41, 5.74) is 3.59. The van der Waals surface area contributed by atoms with E-state index in [4.69, 9.17) is 14.2 Å². The van der Waals surface area contributed by atoms with Gasteiger partial charge in [-0.3, -0.25) is 9.59 Å². The lowest BCUT2D eigenvalue weighted by Crippen LogP contribution is -2.34. The van der Waals surface area contributed by atoms with Crippen molar-refractivity contribution in [2.45, 2.75) is 6.92 Å². The van der Waals surface area contributed by atoms with Gasteiger partial charge in [0.25, 0.3) is 5.91 Å². The van der Waals surface area contributed by atoms with Gasteiger partial charge < -0.3 is 19.5 Å². The van der Waals surface area contributed by atoms with E-state index >= 15 is 0 Å². The number of halogens is 1. The summed E-state index contributed by atoms with van der Waals surface area (Å²) in [7, 11) is 3.08. The molecule has 31 heavy (non-hydrogen) atoms. The van der Waals surface area contributed by atoms with E-state index in [0.717, 1.165) is 0 Å². The zero-order valence-corrected chi connectivity index (χ0v) is 19.1. The molecule has 1 unspecified atom stereocenters. The van der Waals surface area contributed by atoms with Crippen molar-refractivity contribution in [1.82, 2.24) is 5.43 Å². The first-order valence-electron chi connectivity index (χ1n) is 9.28. The van der Waals surface area contributed by atoms with E-state index in [1.54, 1.807) is 49.6 Å². The van der Waals surface area contributed by atoms with Gasteiger partial charge in [-0.15, -0.1) is 0 Å². The van der Waals surface area contributed by atoms with Crippen molar-refractivity contribution >= 4 is 39.6 Å². The third kappa shape index (κ3) is 6.85. The minimum absolute atomic E-state index is 0.328. The number of carbonyl (C=O) groups is 2. The topological polar surface area (TPSA) is 98.2 Å². The van der Waals surface area contributed by atoms with Crippen LogP contribution in [0.25, 0.3) is 0 Å². The molecule has 2 rings (SSSR count). The number of hydrogen-bond acceptors (Lipinski definition) is 6.